The van der Waals surface area contributed by atoms with Gasteiger partial charge in [0.2, 0.25) is 0 Å². The number of esters is 1. The minimum absolute atomic E-state index is 0.223. The van der Waals surface area contributed by atoms with E-state index in [9.17, 15) is 9.59 Å². The van der Waals surface area contributed by atoms with Crippen LogP contribution < -0.4 is 14.8 Å². The van der Waals surface area contributed by atoms with Gasteiger partial charge in [0.25, 0.3) is 5.91 Å². The molecule has 6 nitrogen and oxygen atoms in total. The summed E-state index contributed by atoms with van der Waals surface area (Å²) in [5, 5.41) is 5.02. The summed E-state index contributed by atoms with van der Waals surface area (Å²) in [6, 6.07) is 15.0. The number of para-hydroxylation sites is 2. The van der Waals surface area contributed by atoms with Crippen LogP contribution in [0.2, 0.25) is 0 Å². The Morgan fingerprint density at radius 3 is 2.33 bits per heavy atom. The second-order valence-corrected chi connectivity index (χ2v) is 7.26. The van der Waals surface area contributed by atoms with Crippen molar-refractivity contribution in [2.75, 3.05) is 26.1 Å². The zero-order valence-corrected chi connectivity index (χ0v) is 17.9. The summed E-state index contributed by atoms with van der Waals surface area (Å²) in [4.78, 5) is 24.9. The number of amides is 1. The molecule has 0 spiro atoms. The van der Waals surface area contributed by atoms with Gasteiger partial charge in [-0.05, 0) is 29.7 Å². The van der Waals surface area contributed by atoms with Crippen molar-refractivity contribution in [3.05, 3.63) is 65.0 Å². The molecule has 1 amide bonds. The van der Waals surface area contributed by atoms with E-state index < -0.39 is 5.97 Å². The van der Waals surface area contributed by atoms with Crippen molar-refractivity contribution in [1.82, 2.24) is 0 Å². The van der Waals surface area contributed by atoms with Crippen molar-refractivity contribution in [2.45, 2.75) is 13.3 Å². The van der Waals surface area contributed by atoms with Crippen LogP contribution in [0.5, 0.6) is 11.5 Å². The van der Waals surface area contributed by atoms with Crippen LogP contribution in [-0.4, -0.2) is 32.7 Å². The van der Waals surface area contributed by atoms with Crippen LogP contribution in [0.25, 0.3) is 11.1 Å². The number of nitrogens with one attached hydrogen (secondary N) is 1. The summed E-state index contributed by atoms with van der Waals surface area (Å²) < 4.78 is 15.7. The second-order valence-electron chi connectivity index (χ2n) is 6.38. The van der Waals surface area contributed by atoms with Gasteiger partial charge >= 0.3 is 5.97 Å². The Kier molecular flexibility index (Phi) is 7.08. The normalized spacial score (nSPS) is 10.4. The molecule has 0 aliphatic rings. The van der Waals surface area contributed by atoms with Crippen LogP contribution in [-0.2, 0) is 16.0 Å². The van der Waals surface area contributed by atoms with Crippen LogP contribution >= 0.6 is 11.3 Å². The maximum absolute atomic E-state index is 12.5. The van der Waals surface area contributed by atoms with Crippen molar-refractivity contribution in [3.63, 3.8) is 0 Å². The number of rotatable bonds is 8. The Bertz CT molecular complexity index is 1030. The van der Waals surface area contributed by atoms with E-state index in [4.69, 9.17) is 14.2 Å². The smallest absolute Gasteiger partial charge is 0.341 e. The third-order valence-electron chi connectivity index (χ3n) is 4.53. The lowest BCUT2D eigenvalue weighted by molar-refractivity contribution is -0.118. The summed E-state index contributed by atoms with van der Waals surface area (Å²) in [5.74, 6) is 0.105. The maximum Gasteiger partial charge on any atom is 0.341 e. The molecule has 2 aromatic carbocycles. The molecule has 30 heavy (non-hydrogen) atoms. The Morgan fingerprint density at radius 1 is 1.00 bits per heavy atom. The maximum atomic E-state index is 12.5. The molecule has 0 saturated carbocycles. The molecule has 0 atom stereocenters. The zero-order chi connectivity index (χ0) is 21.5. The van der Waals surface area contributed by atoms with Gasteiger partial charge in [0.15, 0.2) is 18.1 Å². The largest absolute Gasteiger partial charge is 0.493 e. The fourth-order valence-electron chi connectivity index (χ4n) is 2.93. The molecule has 7 heteroatoms. The van der Waals surface area contributed by atoms with Gasteiger partial charge < -0.3 is 19.5 Å². The van der Waals surface area contributed by atoms with Gasteiger partial charge in [-0.2, -0.15) is 0 Å². The van der Waals surface area contributed by atoms with E-state index in [0.29, 0.717) is 22.1 Å². The molecule has 3 aromatic rings. The number of thiophene rings is 1. The molecular formula is C23H23NO5S. The fourth-order valence-corrected chi connectivity index (χ4v) is 3.90. The van der Waals surface area contributed by atoms with Crippen molar-refractivity contribution in [3.8, 4) is 22.6 Å². The summed E-state index contributed by atoms with van der Waals surface area (Å²) >= 11 is 1.27. The van der Waals surface area contributed by atoms with Gasteiger partial charge in [0.05, 0.1) is 14.2 Å². The molecular weight excluding hydrogens is 402 g/mol. The summed E-state index contributed by atoms with van der Waals surface area (Å²) in [5.41, 5.74) is 3.14. The highest BCUT2D eigenvalue weighted by atomic mass is 32.1. The lowest BCUT2D eigenvalue weighted by Gasteiger charge is -2.11. The monoisotopic (exact) mass is 425 g/mol. The zero-order valence-electron chi connectivity index (χ0n) is 17.1. The van der Waals surface area contributed by atoms with E-state index in [2.05, 4.69) is 12.2 Å². The number of anilines is 1. The SMILES string of the molecule is CCc1ccc(-c2csc(NC(=O)COc3ccccc3OC)c2C(=O)OC)cc1. The Morgan fingerprint density at radius 2 is 1.70 bits per heavy atom. The fraction of sp³-hybridized carbons (Fsp3) is 0.217. The first kappa shape index (κ1) is 21.4. The third kappa shape index (κ3) is 4.80. The first-order chi connectivity index (χ1) is 14.6. The van der Waals surface area contributed by atoms with Crippen molar-refractivity contribution in [1.29, 1.82) is 0 Å². The average molecular weight is 426 g/mol. The highest BCUT2D eigenvalue weighted by molar-refractivity contribution is 7.15. The number of hydrogen-bond donors (Lipinski definition) is 1. The van der Waals surface area contributed by atoms with Crippen LogP contribution in [0.3, 0.4) is 0 Å². The molecule has 0 saturated heterocycles. The highest BCUT2D eigenvalue weighted by Crippen LogP contribution is 2.36. The lowest BCUT2D eigenvalue weighted by Crippen LogP contribution is -2.21. The average Bonchev–Trinajstić information content (AvgIpc) is 3.20. The van der Waals surface area contributed by atoms with Gasteiger partial charge in [0.1, 0.15) is 10.6 Å². The van der Waals surface area contributed by atoms with Crippen LogP contribution in [0.1, 0.15) is 22.8 Å². The number of benzene rings is 2. The minimum atomic E-state index is -0.508. The molecule has 0 bridgehead atoms. The van der Waals surface area contributed by atoms with E-state index in [0.717, 1.165) is 17.5 Å². The van der Waals surface area contributed by atoms with Gasteiger partial charge in [-0.3, -0.25) is 4.79 Å². The molecule has 1 N–H and O–H groups in total. The van der Waals surface area contributed by atoms with Gasteiger partial charge in [-0.25, -0.2) is 4.79 Å². The van der Waals surface area contributed by atoms with Gasteiger partial charge in [-0.15, -0.1) is 11.3 Å². The van der Waals surface area contributed by atoms with E-state index in [1.807, 2.05) is 35.7 Å². The van der Waals surface area contributed by atoms with Gasteiger partial charge in [-0.1, -0.05) is 43.3 Å². The second kappa shape index (κ2) is 9.93. The van der Waals surface area contributed by atoms with E-state index in [1.165, 1.54) is 31.1 Å². The van der Waals surface area contributed by atoms with Crippen LogP contribution in [0, 0.1) is 0 Å². The lowest BCUT2D eigenvalue weighted by atomic mass is 10.0. The van der Waals surface area contributed by atoms with Crippen molar-refractivity contribution >= 4 is 28.2 Å². The number of methoxy groups -OCH3 is 2. The van der Waals surface area contributed by atoms with Crippen molar-refractivity contribution in [2.24, 2.45) is 0 Å². The Labute approximate surface area is 179 Å². The Hall–Kier alpha value is -3.32. The molecule has 0 aliphatic carbocycles. The molecule has 3 rings (SSSR count). The number of ether oxygens (including phenoxy) is 3. The number of hydrogen-bond acceptors (Lipinski definition) is 6. The van der Waals surface area contributed by atoms with E-state index in [1.54, 1.807) is 18.2 Å². The van der Waals surface area contributed by atoms with Gasteiger partial charge in [0, 0.05) is 10.9 Å². The molecule has 1 heterocycles. The van der Waals surface area contributed by atoms with E-state index in [-0.39, 0.29) is 12.5 Å². The highest BCUT2D eigenvalue weighted by Gasteiger charge is 2.22. The topological polar surface area (TPSA) is 73.9 Å². The molecule has 0 aliphatic heterocycles. The predicted octanol–water partition coefficient (Wildman–Crippen LogP) is 4.79. The van der Waals surface area contributed by atoms with Crippen LogP contribution in [0.15, 0.2) is 53.9 Å². The molecule has 1 aromatic heterocycles. The molecule has 0 unspecified atom stereocenters. The first-order valence-corrected chi connectivity index (χ1v) is 10.3. The minimum Gasteiger partial charge on any atom is -0.493 e. The summed E-state index contributed by atoms with van der Waals surface area (Å²) in [6.07, 6.45) is 0.932. The number of carbonyl (C=O) groups is 2. The number of aryl methyl sites for hydroxylation is 1. The third-order valence-corrected chi connectivity index (χ3v) is 5.43. The predicted molar refractivity (Wildman–Crippen MR) is 118 cm³/mol. The summed E-state index contributed by atoms with van der Waals surface area (Å²) in [6.45, 7) is 1.86. The Balaban J connectivity index is 1.78. The first-order valence-electron chi connectivity index (χ1n) is 9.42. The molecule has 0 radical (unpaired) electrons. The standard InChI is InChI=1S/C23H23NO5S/c1-4-15-9-11-16(12-10-15)17-14-30-22(21(17)23(26)28-3)24-20(25)13-29-19-8-6-5-7-18(19)27-2/h5-12,14H,4,13H2,1-3H3,(H,24,25). The van der Waals surface area contributed by atoms with Crippen molar-refractivity contribution < 1.29 is 23.8 Å². The molecule has 156 valence electrons. The number of carbonyl (C=O) groups excluding carboxylic acids is 2. The van der Waals surface area contributed by atoms with E-state index >= 15 is 0 Å². The van der Waals surface area contributed by atoms with Crippen LogP contribution in [0.4, 0.5) is 5.00 Å². The summed E-state index contributed by atoms with van der Waals surface area (Å²) in [7, 11) is 2.85. The quantitative estimate of drug-likeness (QED) is 0.525. The molecule has 0 fully saturated rings.